The molecule has 3 heteroatoms. The summed E-state index contributed by atoms with van der Waals surface area (Å²) in [6.07, 6.45) is 1.73. The molecule has 90 valence electrons. The molecule has 2 rings (SSSR count). The maximum absolute atomic E-state index is 9.11. The van der Waals surface area contributed by atoms with Crippen molar-refractivity contribution in [3.8, 4) is 6.07 Å². The molecule has 0 aliphatic carbocycles. The molecule has 2 aromatic rings. The van der Waals surface area contributed by atoms with Crippen LogP contribution >= 0.6 is 0 Å². The lowest BCUT2D eigenvalue weighted by atomic mass is 10.2. The Balaban J connectivity index is 2.27. The first kappa shape index (κ1) is 12.1. The number of hydrogen-bond donors (Lipinski definition) is 0. The van der Waals surface area contributed by atoms with Gasteiger partial charge in [0.2, 0.25) is 0 Å². The van der Waals surface area contributed by atoms with Crippen molar-refractivity contribution in [2.45, 2.75) is 13.5 Å². The predicted octanol–water partition coefficient (Wildman–Crippen LogP) is 2.98. The van der Waals surface area contributed by atoms with E-state index >= 15 is 0 Å². The number of benzene rings is 1. The molecule has 0 bridgehead atoms. The van der Waals surface area contributed by atoms with E-state index in [-0.39, 0.29) is 0 Å². The minimum atomic E-state index is 0.621. The predicted molar refractivity (Wildman–Crippen MR) is 72.1 cm³/mol. The van der Waals surface area contributed by atoms with E-state index in [4.69, 9.17) is 5.26 Å². The highest BCUT2D eigenvalue weighted by Crippen LogP contribution is 2.18. The van der Waals surface area contributed by atoms with Crippen LogP contribution in [0.15, 0.2) is 48.7 Å². The minimum Gasteiger partial charge on any atom is -0.351 e. The molecule has 0 spiro atoms. The summed E-state index contributed by atoms with van der Waals surface area (Å²) in [5.74, 6) is 0.756. The summed E-state index contributed by atoms with van der Waals surface area (Å²) in [6.45, 7) is 3.66. The second-order valence-electron chi connectivity index (χ2n) is 3.99. The van der Waals surface area contributed by atoms with Gasteiger partial charge in [-0.25, -0.2) is 4.98 Å². The molecular formula is C15H15N3. The Labute approximate surface area is 107 Å². The lowest BCUT2D eigenvalue weighted by Gasteiger charge is -2.22. The van der Waals surface area contributed by atoms with Crippen molar-refractivity contribution in [2.75, 3.05) is 11.4 Å². The Bertz CT molecular complexity index is 543. The number of anilines is 1. The van der Waals surface area contributed by atoms with E-state index < -0.39 is 0 Å². The fourth-order valence-electron chi connectivity index (χ4n) is 1.88. The zero-order valence-corrected chi connectivity index (χ0v) is 10.4. The third kappa shape index (κ3) is 2.67. The van der Waals surface area contributed by atoms with Crippen LogP contribution in [0.25, 0.3) is 0 Å². The topological polar surface area (TPSA) is 39.9 Å². The molecule has 0 aliphatic heterocycles. The number of nitriles is 1. The summed E-state index contributed by atoms with van der Waals surface area (Å²) >= 11 is 0. The Hall–Kier alpha value is -2.34. The molecule has 0 unspecified atom stereocenters. The van der Waals surface area contributed by atoms with Crippen LogP contribution in [0.1, 0.15) is 18.1 Å². The van der Waals surface area contributed by atoms with Crippen molar-refractivity contribution >= 4 is 5.82 Å². The van der Waals surface area contributed by atoms with Crippen LogP contribution in [0.4, 0.5) is 5.82 Å². The van der Waals surface area contributed by atoms with E-state index in [1.54, 1.807) is 18.3 Å². The van der Waals surface area contributed by atoms with Gasteiger partial charge in [0.1, 0.15) is 11.9 Å². The lowest BCUT2D eigenvalue weighted by Crippen LogP contribution is -2.23. The summed E-state index contributed by atoms with van der Waals surface area (Å²) in [7, 11) is 0. The fraction of sp³-hybridized carbons (Fsp3) is 0.200. The van der Waals surface area contributed by atoms with E-state index in [0.29, 0.717) is 5.56 Å². The average molecular weight is 237 g/mol. The minimum absolute atomic E-state index is 0.621. The molecule has 0 amide bonds. The molecule has 0 saturated carbocycles. The van der Waals surface area contributed by atoms with Crippen LogP contribution in [0.5, 0.6) is 0 Å². The van der Waals surface area contributed by atoms with Crippen LogP contribution in [0.3, 0.4) is 0 Å². The summed E-state index contributed by atoms with van der Waals surface area (Å²) in [5.41, 5.74) is 1.84. The molecule has 0 radical (unpaired) electrons. The van der Waals surface area contributed by atoms with Crippen molar-refractivity contribution in [3.63, 3.8) is 0 Å². The summed E-state index contributed by atoms with van der Waals surface area (Å²) < 4.78 is 0. The maximum atomic E-state index is 9.11. The van der Waals surface area contributed by atoms with Gasteiger partial charge in [0.25, 0.3) is 0 Å². The molecular weight excluding hydrogens is 222 g/mol. The quantitative estimate of drug-likeness (QED) is 0.820. The van der Waals surface area contributed by atoms with Crippen LogP contribution < -0.4 is 4.90 Å². The number of rotatable bonds is 4. The van der Waals surface area contributed by atoms with Gasteiger partial charge in [-0.05, 0) is 24.6 Å². The maximum Gasteiger partial charge on any atom is 0.146 e. The summed E-state index contributed by atoms with van der Waals surface area (Å²) in [4.78, 5) is 6.43. The highest BCUT2D eigenvalue weighted by Gasteiger charge is 2.10. The largest absolute Gasteiger partial charge is 0.351 e. The van der Waals surface area contributed by atoms with Gasteiger partial charge in [-0.15, -0.1) is 0 Å². The third-order valence-electron chi connectivity index (χ3n) is 2.80. The molecule has 0 saturated heterocycles. The summed E-state index contributed by atoms with van der Waals surface area (Å²) in [6, 6.07) is 16.0. The van der Waals surface area contributed by atoms with E-state index in [0.717, 1.165) is 18.9 Å². The molecule has 0 N–H and O–H groups in total. The Morgan fingerprint density at radius 1 is 1.17 bits per heavy atom. The van der Waals surface area contributed by atoms with Gasteiger partial charge in [0.05, 0.1) is 5.56 Å². The second-order valence-corrected chi connectivity index (χ2v) is 3.99. The van der Waals surface area contributed by atoms with Crippen LogP contribution in [-0.4, -0.2) is 11.5 Å². The Morgan fingerprint density at radius 2 is 1.94 bits per heavy atom. The van der Waals surface area contributed by atoms with Crippen LogP contribution in [-0.2, 0) is 6.54 Å². The van der Waals surface area contributed by atoms with E-state index in [1.807, 2.05) is 18.2 Å². The first-order valence-electron chi connectivity index (χ1n) is 5.99. The standard InChI is InChI=1S/C15H15N3/c1-2-18(12-13-7-4-3-5-8-13)15-14(11-16)9-6-10-17-15/h3-10H,2,12H2,1H3. The van der Waals surface area contributed by atoms with Gasteiger partial charge in [-0.3, -0.25) is 0 Å². The van der Waals surface area contributed by atoms with Gasteiger partial charge in [0, 0.05) is 19.3 Å². The monoisotopic (exact) mass is 237 g/mol. The molecule has 18 heavy (non-hydrogen) atoms. The first-order valence-corrected chi connectivity index (χ1v) is 5.99. The molecule has 1 heterocycles. The number of pyridine rings is 1. The van der Waals surface area contributed by atoms with Gasteiger partial charge < -0.3 is 4.90 Å². The zero-order chi connectivity index (χ0) is 12.8. The van der Waals surface area contributed by atoms with Crippen LogP contribution in [0, 0.1) is 11.3 Å². The lowest BCUT2D eigenvalue weighted by molar-refractivity contribution is 0.812. The van der Waals surface area contributed by atoms with Crippen molar-refractivity contribution in [1.82, 2.24) is 4.98 Å². The smallest absolute Gasteiger partial charge is 0.146 e. The van der Waals surface area contributed by atoms with E-state index in [9.17, 15) is 0 Å². The molecule has 0 fully saturated rings. The fourth-order valence-corrected chi connectivity index (χ4v) is 1.88. The van der Waals surface area contributed by atoms with E-state index in [2.05, 4.69) is 35.0 Å². The number of hydrogen-bond acceptors (Lipinski definition) is 3. The van der Waals surface area contributed by atoms with Gasteiger partial charge in [-0.1, -0.05) is 30.3 Å². The van der Waals surface area contributed by atoms with E-state index in [1.165, 1.54) is 5.56 Å². The molecule has 0 aliphatic rings. The number of nitrogens with zero attached hydrogens (tertiary/aromatic N) is 3. The Morgan fingerprint density at radius 3 is 2.61 bits per heavy atom. The van der Waals surface area contributed by atoms with Crippen molar-refractivity contribution in [3.05, 3.63) is 59.8 Å². The highest BCUT2D eigenvalue weighted by atomic mass is 15.2. The second kappa shape index (κ2) is 5.83. The SMILES string of the molecule is CCN(Cc1ccccc1)c1ncccc1C#N. The Kier molecular flexibility index (Phi) is 3.93. The highest BCUT2D eigenvalue weighted by molar-refractivity contribution is 5.53. The average Bonchev–Trinajstić information content (AvgIpc) is 2.46. The normalized spacial score (nSPS) is 9.78. The molecule has 0 atom stereocenters. The number of aromatic nitrogens is 1. The van der Waals surface area contributed by atoms with Crippen LogP contribution in [0.2, 0.25) is 0 Å². The molecule has 3 nitrogen and oxygen atoms in total. The van der Waals surface area contributed by atoms with Gasteiger partial charge in [0.15, 0.2) is 0 Å². The van der Waals surface area contributed by atoms with Gasteiger partial charge in [-0.2, -0.15) is 5.26 Å². The van der Waals surface area contributed by atoms with Crippen molar-refractivity contribution in [2.24, 2.45) is 0 Å². The van der Waals surface area contributed by atoms with Crippen molar-refractivity contribution in [1.29, 1.82) is 5.26 Å². The first-order chi connectivity index (χ1) is 8.85. The third-order valence-corrected chi connectivity index (χ3v) is 2.80. The molecule has 1 aromatic carbocycles. The molecule has 1 aromatic heterocycles. The summed E-state index contributed by atoms with van der Waals surface area (Å²) in [5, 5.41) is 9.11. The van der Waals surface area contributed by atoms with Gasteiger partial charge >= 0.3 is 0 Å². The van der Waals surface area contributed by atoms with Crippen molar-refractivity contribution < 1.29 is 0 Å². The zero-order valence-electron chi connectivity index (χ0n) is 10.4.